The SMILES string of the molecule is COc1ccc2c(c1)[C@@H](C(=O)N(Cc1ccccn1)Cc1ccco1)CC(=O)N2. The molecule has 29 heavy (non-hydrogen) atoms. The summed E-state index contributed by atoms with van der Waals surface area (Å²) in [5.41, 5.74) is 2.15. The number of benzene rings is 1. The van der Waals surface area contributed by atoms with Gasteiger partial charge in [0.15, 0.2) is 0 Å². The second kappa shape index (κ2) is 8.18. The van der Waals surface area contributed by atoms with Crippen molar-refractivity contribution in [2.45, 2.75) is 25.4 Å². The summed E-state index contributed by atoms with van der Waals surface area (Å²) in [5, 5.41) is 2.83. The first-order valence-electron chi connectivity index (χ1n) is 9.33. The number of pyridine rings is 1. The number of carbonyl (C=O) groups excluding carboxylic acids is 2. The molecule has 0 fully saturated rings. The van der Waals surface area contributed by atoms with E-state index in [1.54, 1.807) is 42.7 Å². The Hall–Kier alpha value is -3.61. The number of hydrogen-bond donors (Lipinski definition) is 1. The maximum Gasteiger partial charge on any atom is 0.231 e. The van der Waals surface area contributed by atoms with Crippen LogP contribution in [0.4, 0.5) is 5.69 Å². The number of amides is 2. The summed E-state index contributed by atoms with van der Waals surface area (Å²) in [4.78, 5) is 31.8. The Labute approximate surface area is 168 Å². The predicted molar refractivity (Wildman–Crippen MR) is 106 cm³/mol. The summed E-state index contributed by atoms with van der Waals surface area (Å²) < 4.78 is 10.8. The Morgan fingerprint density at radius 2 is 2.14 bits per heavy atom. The van der Waals surface area contributed by atoms with Crippen molar-refractivity contribution in [3.05, 3.63) is 78.0 Å². The standard InChI is InChI=1S/C22H21N3O4/c1-28-16-7-8-20-18(11-16)19(12-21(26)24-20)22(27)25(14-17-6-4-10-29-17)13-15-5-2-3-9-23-15/h2-11,19H,12-14H2,1H3,(H,24,26)/t19-/m0/s1. The number of carbonyl (C=O) groups is 2. The fourth-order valence-electron chi connectivity index (χ4n) is 3.50. The topological polar surface area (TPSA) is 84.7 Å². The van der Waals surface area contributed by atoms with Gasteiger partial charge >= 0.3 is 0 Å². The zero-order valence-corrected chi connectivity index (χ0v) is 16.0. The number of aromatic nitrogens is 1. The van der Waals surface area contributed by atoms with Crippen LogP contribution in [-0.2, 0) is 22.7 Å². The molecule has 3 aromatic rings. The Morgan fingerprint density at radius 1 is 1.24 bits per heavy atom. The molecule has 1 atom stereocenters. The van der Waals surface area contributed by atoms with Crippen LogP contribution >= 0.6 is 0 Å². The van der Waals surface area contributed by atoms with Gasteiger partial charge in [0.1, 0.15) is 11.5 Å². The lowest BCUT2D eigenvalue weighted by Crippen LogP contribution is -2.38. The van der Waals surface area contributed by atoms with Gasteiger partial charge in [-0.2, -0.15) is 0 Å². The molecule has 1 N–H and O–H groups in total. The minimum Gasteiger partial charge on any atom is -0.497 e. The maximum atomic E-state index is 13.6. The molecule has 0 unspecified atom stereocenters. The largest absolute Gasteiger partial charge is 0.497 e. The predicted octanol–water partition coefficient (Wildman–Crippen LogP) is 3.34. The Kier molecular flexibility index (Phi) is 5.29. The first-order valence-corrected chi connectivity index (χ1v) is 9.33. The van der Waals surface area contributed by atoms with Gasteiger partial charge in [0.2, 0.25) is 11.8 Å². The molecule has 0 radical (unpaired) electrons. The number of anilines is 1. The molecule has 4 rings (SSSR count). The van der Waals surface area contributed by atoms with Crippen molar-refractivity contribution >= 4 is 17.5 Å². The average molecular weight is 391 g/mol. The third-order valence-electron chi connectivity index (χ3n) is 4.91. The van der Waals surface area contributed by atoms with Crippen LogP contribution in [0.15, 0.2) is 65.4 Å². The van der Waals surface area contributed by atoms with E-state index in [-0.39, 0.29) is 18.2 Å². The van der Waals surface area contributed by atoms with Crippen LogP contribution in [0, 0.1) is 0 Å². The van der Waals surface area contributed by atoms with E-state index >= 15 is 0 Å². The van der Waals surface area contributed by atoms with E-state index in [0.29, 0.717) is 30.3 Å². The highest BCUT2D eigenvalue weighted by molar-refractivity contribution is 6.01. The maximum absolute atomic E-state index is 13.6. The second-order valence-corrected chi connectivity index (χ2v) is 6.85. The molecule has 1 aliphatic heterocycles. The van der Waals surface area contributed by atoms with Crippen molar-refractivity contribution in [2.24, 2.45) is 0 Å². The number of hydrogen-bond acceptors (Lipinski definition) is 5. The highest BCUT2D eigenvalue weighted by Gasteiger charge is 2.34. The molecule has 0 bridgehead atoms. The fraction of sp³-hybridized carbons (Fsp3) is 0.227. The monoisotopic (exact) mass is 391 g/mol. The molecule has 0 saturated carbocycles. The van der Waals surface area contributed by atoms with E-state index in [4.69, 9.17) is 9.15 Å². The zero-order chi connectivity index (χ0) is 20.2. The molecule has 0 saturated heterocycles. The van der Waals surface area contributed by atoms with Crippen LogP contribution in [0.3, 0.4) is 0 Å². The van der Waals surface area contributed by atoms with Gasteiger partial charge in [0.25, 0.3) is 0 Å². The van der Waals surface area contributed by atoms with Gasteiger partial charge in [0, 0.05) is 18.3 Å². The first kappa shape index (κ1) is 18.7. The first-order chi connectivity index (χ1) is 14.1. The highest BCUT2D eigenvalue weighted by Crippen LogP contribution is 2.36. The summed E-state index contributed by atoms with van der Waals surface area (Å²) in [6.45, 7) is 0.609. The van der Waals surface area contributed by atoms with Crippen LogP contribution in [0.25, 0.3) is 0 Å². The number of nitrogens with one attached hydrogen (secondary N) is 1. The molecule has 2 amide bonds. The van der Waals surface area contributed by atoms with Crippen LogP contribution in [-0.4, -0.2) is 28.8 Å². The minimum absolute atomic E-state index is 0.0792. The van der Waals surface area contributed by atoms with Gasteiger partial charge in [-0.05, 0) is 48.0 Å². The number of rotatable bonds is 6. The van der Waals surface area contributed by atoms with Gasteiger partial charge < -0.3 is 19.4 Å². The molecule has 1 aliphatic rings. The Morgan fingerprint density at radius 3 is 2.86 bits per heavy atom. The van der Waals surface area contributed by atoms with Gasteiger partial charge in [0.05, 0.1) is 38.1 Å². The van der Waals surface area contributed by atoms with Gasteiger partial charge in [-0.3, -0.25) is 14.6 Å². The molecule has 0 spiro atoms. The number of nitrogens with zero attached hydrogens (tertiary/aromatic N) is 2. The highest BCUT2D eigenvalue weighted by atomic mass is 16.5. The summed E-state index contributed by atoms with van der Waals surface area (Å²) >= 11 is 0. The molecule has 7 heteroatoms. The average Bonchev–Trinajstić information content (AvgIpc) is 3.26. The number of fused-ring (bicyclic) bond motifs is 1. The summed E-state index contributed by atoms with van der Waals surface area (Å²) in [6.07, 6.45) is 3.35. The van der Waals surface area contributed by atoms with Crippen molar-refractivity contribution < 1.29 is 18.7 Å². The third-order valence-corrected chi connectivity index (χ3v) is 4.91. The van der Waals surface area contributed by atoms with Crippen molar-refractivity contribution in [1.82, 2.24) is 9.88 Å². The van der Waals surface area contributed by atoms with E-state index < -0.39 is 5.92 Å². The number of ether oxygens (including phenoxy) is 1. The van der Waals surface area contributed by atoms with Crippen molar-refractivity contribution in [3.8, 4) is 5.75 Å². The fourth-order valence-corrected chi connectivity index (χ4v) is 3.50. The molecule has 7 nitrogen and oxygen atoms in total. The normalized spacial score (nSPS) is 15.3. The smallest absolute Gasteiger partial charge is 0.231 e. The van der Waals surface area contributed by atoms with Gasteiger partial charge in [-0.1, -0.05) is 6.07 Å². The lowest BCUT2D eigenvalue weighted by Gasteiger charge is -2.30. The minimum atomic E-state index is -0.604. The molecule has 1 aromatic carbocycles. The van der Waals surface area contributed by atoms with E-state index in [2.05, 4.69) is 10.3 Å². The second-order valence-electron chi connectivity index (χ2n) is 6.85. The van der Waals surface area contributed by atoms with E-state index in [1.807, 2.05) is 30.3 Å². The summed E-state index contributed by atoms with van der Waals surface area (Å²) in [6, 6.07) is 14.5. The van der Waals surface area contributed by atoms with Crippen LogP contribution in [0.5, 0.6) is 5.75 Å². The van der Waals surface area contributed by atoms with Crippen LogP contribution in [0.1, 0.15) is 29.4 Å². The van der Waals surface area contributed by atoms with Crippen LogP contribution in [0.2, 0.25) is 0 Å². The van der Waals surface area contributed by atoms with Crippen molar-refractivity contribution in [2.75, 3.05) is 12.4 Å². The quantitative estimate of drug-likeness (QED) is 0.697. The van der Waals surface area contributed by atoms with Crippen molar-refractivity contribution in [3.63, 3.8) is 0 Å². The third kappa shape index (κ3) is 4.13. The summed E-state index contributed by atoms with van der Waals surface area (Å²) in [7, 11) is 1.57. The number of furan rings is 1. The van der Waals surface area contributed by atoms with E-state index in [0.717, 1.165) is 11.3 Å². The van der Waals surface area contributed by atoms with Gasteiger partial charge in [-0.25, -0.2) is 0 Å². The van der Waals surface area contributed by atoms with E-state index in [9.17, 15) is 9.59 Å². The Bertz CT molecular complexity index is 1000. The summed E-state index contributed by atoms with van der Waals surface area (Å²) in [5.74, 6) is 0.362. The molecule has 0 aliphatic carbocycles. The molecule has 2 aromatic heterocycles. The Balaban J connectivity index is 1.67. The lowest BCUT2D eigenvalue weighted by molar-refractivity contribution is -0.136. The number of methoxy groups -OCH3 is 1. The molecule has 148 valence electrons. The van der Waals surface area contributed by atoms with Crippen molar-refractivity contribution in [1.29, 1.82) is 0 Å². The molecule has 3 heterocycles. The molecular formula is C22H21N3O4. The van der Waals surface area contributed by atoms with E-state index in [1.165, 1.54) is 0 Å². The molecular weight excluding hydrogens is 370 g/mol. The van der Waals surface area contributed by atoms with Crippen LogP contribution < -0.4 is 10.1 Å². The van der Waals surface area contributed by atoms with Gasteiger partial charge in [-0.15, -0.1) is 0 Å². The lowest BCUT2D eigenvalue weighted by atomic mass is 9.89. The zero-order valence-electron chi connectivity index (χ0n) is 16.0.